The summed E-state index contributed by atoms with van der Waals surface area (Å²) < 4.78 is 5.86. The molecule has 4 nitrogen and oxygen atoms in total. The van der Waals surface area contributed by atoms with E-state index in [0.29, 0.717) is 27.8 Å². The Hall–Kier alpha value is -2.44. The van der Waals surface area contributed by atoms with Gasteiger partial charge in [-0.25, -0.2) is 4.79 Å². The Bertz CT molecular complexity index is 860. The third-order valence-electron chi connectivity index (χ3n) is 3.90. The number of carbonyl (C=O) groups excluding carboxylic acids is 2. The van der Waals surface area contributed by atoms with Crippen molar-refractivity contribution in [2.75, 3.05) is 13.7 Å². The van der Waals surface area contributed by atoms with Crippen LogP contribution < -0.4 is 0 Å². The summed E-state index contributed by atoms with van der Waals surface area (Å²) in [6.45, 7) is 0.337. The van der Waals surface area contributed by atoms with Crippen molar-refractivity contribution in [1.29, 1.82) is 0 Å². The Kier molecular flexibility index (Phi) is 5.85. The fourth-order valence-corrected chi connectivity index (χ4v) is 3.58. The topological polar surface area (TPSA) is 46.6 Å². The number of carbonyl (C=O) groups is 2. The van der Waals surface area contributed by atoms with E-state index in [2.05, 4.69) is 0 Å². The molecule has 2 aromatic rings. The number of hydrogen-bond acceptors (Lipinski definition) is 5. The maximum atomic E-state index is 12.1. The molecule has 0 aliphatic carbocycles. The van der Waals surface area contributed by atoms with Crippen molar-refractivity contribution in [2.45, 2.75) is 6.42 Å². The van der Waals surface area contributed by atoms with Gasteiger partial charge >= 0.3 is 5.97 Å². The van der Waals surface area contributed by atoms with Crippen LogP contribution in [0.3, 0.4) is 0 Å². The van der Waals surface area contributed by atoms with Gasteiger partial charge in [0.2, 0.25) is 0 Å². The number of amides is 1. The molecule has 132 valence electrons. The summed E-state index contributed by atoms with van der Waals surface area (Å²) >= 11 is 6.38. The van der Waals surface area contributed by atoms with E-state index in [4.69, 9.17) is 17.0 Å². The number of thioether (sulfide) groups is 1. The Morgan fingerprint density at radius 2 is 1.85 bits per heavy atom. The first kappa shape index (κ1) is 18.4. The molecule has 0 radical (unpaired) electrons. The highest BCUT2D eigenvalue weighted by molar-refractivity contribution is 8.26. The predicted octanol–water partition coefficient (Wildman–Crippen LogP) is 3.92. The molecule has 2 aromatic carbocycles. The van der Waals surface area contributed by atoms with Gasteiger partial charge in [-0.2, -0.15) is 0 Å². The van der Waals surface area contributed by atoms with Gasteiger partial charge in [0.1, 0.15) is 4.32 Å². The fourth-order valence-electron chi connectivity index (χ4n) is 2.40. The number of thiocarbonyl (C=S) groups is 1. The van der Waals surface area contributed by atoms with Crippen LogP contribution in [0.4, 0.5) is 0 Å². The van der Waals surface area contributed by atoms with Gasteiger partial charge in [0.25, 0.3) is 5.91 Å². The molecule has 26 heavy (non-hydrogen) atoms. The summed E-state index contributed by atoms with van der Waals surface area (Å²) in [6.07, 6.45) is 2.46. The summed E-state index contributed by atoms with van der Waals surface area (Å²) in [4.78, 5) is 26.1. The number of rotatable bonds is 5. The quantitative estimate of drug-likeness (QED) is 0.445. The van der Waals surface area contributed by atoms with E-state index < -0.39 is 0 Å². The molecule has 0 N–H and O–H groups in total. The van der Waals surface area contributed by atoms with Crippen LogP contribution in [0.25, 0.3) is 6.08 Å². The maximum absolute atomic E-state index is 12.1. The molecule has 0 atom stereocenters. The number of hydrogen-bond donors (Lipinski definition) is 0. The lowest BCUT2D eigenvalue weighted by atomic mass is 10.1. The van der Waals surface area contributed by atoms with Gasteiger partial charge in [-0.1, -0.05) is 66.4 Å². The Balaban J connectivity index is 1.58. The zero-order chi connectivity index (χ0) is 18.5. The van der Waals surface area contributed by atoms with E-state index in [-0.39, 0.29) is 11.9 Å². The lowest BCUT2D eigenvalue weighted by Gasteiger charge is -2.05. The van der Waals surface area contributed by atoms with Crippen LogP contribution in [0.2, 0.25) is 0 Å². The molecule has 1 heterocycles. The van der Waals surface area contributed by atoms with Crippen molar-refractivity contribution < 1.29 is 14.3 Å². The van der Waals surface area contributed by atoms with E-state index in [1.807, 2.05) is 30.3 Å². The van der Waals surface area contributed by atoms with Crippen molar-refractivity contribution in [3.8, 4) is 0 Å². The van der Waals surface area contributed by atoms with Gasteiger partial charge in [0.05, 0.1) is 17.1 Å². The maximum Gasteiger partial charge on any atom is 0.338 e. The molecule has 0 unspecified atom stereocenters. The summed E-state index contributed by atoms with van der Waals surface area (Å²) in [5.74, 6) is -0.461. The van der Waals surface area contributed by atoms with Gasteiger partial charge in [0.15, 0.2) is 0 Å². The minimum absolute atomic E-state index is 0.107. The minimum atomic E-state index is -0.354. The highest BCUT2D eigenvalue weighted by Crippen LogP contribution is 2.31. The Morgan fingerprint density at radius 1 is 1.15 bits per heavy atom. The highest BCUT2D eigenvalue weighted by atomic mass is 32.2. The largest absolute Gasteiger partial charge is 0.462 e. The molecule has 1 fully saturated rings. The van der Waals surface area contributed by atoms with Crippen LogP contribution in [-0.2, 0) is 16.0 Å². The van der Waals surface area contributed by atoms with E-state index in [1.165, 1.54) is 16.7 Å². The van der Waals surface area contributed by atoms with Crippen LogP contribution in [-0.4, -0.2) is 34.8 Å². The van der Waals surface area contributed by atoms with Crippen molar-refractivity contribution >= 4 is 46.3 Å². The van der Waals surface area contributed by atoms with E-state index in [1.54, 1.807) is 37.4 Å². The minimum Gasteiger partial charge on any atom is -0.462 e. The monoisotopic (exact) mass is 383 g/mol. The first-order valence-electron chi connectivity index (χ1n) is 8.07. The summed E-state index contributed by atoms with van der Waals surface area (Å²) in [5.41, 5.74) is 2.45. The number of benzene rings is 2. The summed E-state index contributed by atoms with van der Waals surface area (Å²) in [5, 5.41) is 0. The second-order valence-electron chi connectivity index (χ2n) is 5.73. The molecular formula is C20H17NO3S2. The first-order valence-corrected chi connectivity index (χ1v) is 9.30. The van der Waals surface area contributed by atoms with Crippen LogP contribution in [0.5, 0.6) is 0 Å². The van der Waals surface area contributed by atoms with Crippen LogP contribution in [0.1, 0.15) is 21.5 Å². The molecule has 0 spiro atoms. The van der Waals surface area contributed by atoms with Gasteiger partial charge in [-0.15, -0.1) is 0 Å². The van der Waals surface area contributed by atoms with Crippen LogP contribution in [0, 0.1) is 0 Å². The normalized spacial score (nSPS) is 15.6. The van der Waals surface area contributed by atoms with Gasteiger partial charge in [-0.05, 0) is 29.3 Å². The molecule has 1 amide bonds. The summed E-state index contributed by atoms with van der Waals surface area (Å²) in [6, 6.07) is 16.8. The number of esters is 1. The highest BCUT2D eigenvalue weighted by Gasteiger charge is 2.28. The third kappa shape index (κ3) is 4.39. The third-order valence-corrected chi connectivity index (χ3v) is 5.38. The van der Waals surface area contributed by atoms with Crippen molar-refractivity contribution in [2.24, 2.45) is 0 Å². The smallest absolute Gasteiger partial charge is 0.338 e. The van der Waals surface area contributed by atoms with E-state index in [9.17, 15) is 9.59 Å². The molecule has 0 aromatic heterocycles. The van der Waals surface area contributed by atoms with Crippen molar-refractivity contribution in [1.82, 2.24) is 4.90 Å². The molecule has 6 heteroatoms. The molecule has 0 bridgehead atoms. The molecule has 0 saturated carbocycles. The predicted molar refractivity (Wildman–Crippen MR) is 108 cm³/mol. The Labute approximate surface area is 161 Å². The first-order chi connectivity index (χ1) is 12.5. The average molecular weight is 383 g/mol. The average Bonchev–Trinajstić information content (AvgIpc) is 2.90. The molecule has 3 rings (SSSR count). The number of nitrogens with zero attached hydrogens (tertiary/aromatic N) is 1. The van der Waals surface area contributed by atoms with Crippen molar-refractivity contribution in [3.63, 3.8) is 0 Å². The molecule has 1 saturated heterocycles. The van der Waals surface area contributed by atoms with Crippen LogP contribution >= 0.6 is 24.0 Å². The molecule has 1 aliphatic heterocycles. The van der Waals surface area contributed by atoms with Gasteiger partial charge in [0, 0.05) is 13.5 Å². The number of ether oxygens (including phenoxy) is 1. The lowest BCUT2D eigenvalue weighted by molar-refractivity contribution is -0.121. The standard InChI is InChI=1S/C20H17NO3S2/c1-21-18(22)17(26-20(21)25)13-15-7-9-16(10-8-15)19(23)24-12-11-14-5-3-2-4-6-14/h2-10,13H,11-12H2,1H3/b17-13-. The molecular weight excluding hydrogens is 366 g/mol. The van der Waals surface area contributed by atoms with Crippen LogP contribution in [0.15, 0.2) is 59.5 Å². The lowest BCUT2D eigenvalue weighted by Crippen LogP contribution is -2.22. The summed E-state index contributed by atoms with van der Waals surface area (Å²) in [7, 11) is 1.66. The zero-order valence-electron chi connectivity index (χ0n) is 14.2. The van der Waals surface area contributed by atoms with Gasteiger partial charge in [-0.3, -0.25) is 9.69 Å². The van der Waals surface area contributed by atoms with Gasteiger partial charge < -0.3 is 4.74 Å². The Morgan fingerprint density at radius 3 is 2.46 bits per heavy atom. The number of likely N-dealkylation sites (N-methyl/N-ethyl adjacent to an activating group) is 1. The molecule has 1 aliphatic rings. The van der Waals surface area contributed by atoms with E-state index in [0.717, 1.165) is 11.1 Å². The second kappa shape index (κ2) is 8.29. The SMILES string of the molecule is CN1C(=O)/C(=C/c2ccc(C(=O)OCCc3ccccc3)cc2)SC1=S. The van der Waals surface area contributed by atoms with E-state index >= 15 is 0 Å². The second-order valence-corrected chi connectivity index (χ2v) is 7.41. The van der Waals surface area contributed by atoms with Crippen molar-refractivity contribution in [3.05, 3.63) is 76.2 Å². The fraction of sp³-hybridized carbons (Fsp3) is 0.150. The zero-order valence-corrected chi connectivity index (χ0v) is 15.8.